The van der Waals surface area contributed by atoms with E-state index in [4.69, 9.17) is 0 Å². The molecule has 0 saturated heterocycles. The van der Waals surface area contributed by atoms with Crippen LogP contribution in [0.4, 0.5) is 0 Å². The van der Waals surface area contributed by atoms with Gasteiger partial charge in [0.05, 0.1) is 6.07 Å². The summed E-state index contributed by atoms with van der Waals surface area (Å²) in [5.41, 5.74) is 0.801. The molecular weight excluding hydrogens is 248 g/mol. The van der Waals surface area contributed by atoms with E-state index in [0.29, 0.717) is 12.0 Å². The van der Waals surface area contributed by atoms with Crippen LogP contribution in [0.25, 0.3) is 0 Å². The molecule has 1 aromatic carbocycles. The quantitative estimate of drug-likeness (QED) is 0.795. The van der Waals surface area contributed by atoms with Crippen LogP contribution in [0.1, 0.15) is 44.6 Å². The van der Waals surface area contributed by atoms with E-state index in [2.05, 4.69) is 19.9 Å². The average molecular weight is 270 g/mol. The van der Waals surface area contributed by atoms with Crippen LogP contribution in [0.5, 0.6) is 0 Å². The van der Waals surface area contributed by atoms with E-state index in [-0.39, 0.29) is 5.91 Å². The SMILES string of the molecule is CC(C)CCN(C(=O)C(C#N)c1ccccc1)C1CC1. The van der Waals surface area contributed by atoms with Gasteiger partial charge in [0.15, 0.2) is 0 Å². The predicted octanol–water partition coefficient (Wildman–Crippen LogP) is 3.33. The van der Waals surface area contributed by atoms with Gasteiger partial charge < -0.3 is 4.90 Å². The van der Waals surface area contributed by atoms with Crippen molar-refractivity contribution < 1.29 is 4.79 Å². The minimum Gasteiger partial charge on any atom is -0.338 e. The molecule has 2 rings (SSSR count). The van der Waals surface area contributed by atoms with Crippen molar-refractivity contribution in [3.8, 4) is 6.07 Å². The molecular formula is C17H22N2O. The Labute approximate surface area is 121 Å². The van der Waals surface area contributed by atoms with Crippen molar-refractivity contribution in [3.63, 3.8) is 0 Å². The smallest absolute Gasteiger partial charge is 0.244 e. The Balaban J connectivity index is 2.11. The minimum atomic E-state index is -0.663. The van der Waals surface area contributed by atoms with Crippen molar-refractivity contribution in [1.82, 2.24) is 4.90 Å². The fourth-order valence-corrected chi connectivity index (χ4v) is 2.34. The van der Waals surface area contributed by atoms with E-state index in [0.717, 1.165) is 31.4 Å². The molecule has 3 heteroatoms. The summed E-state index contributed by atoms with van der Waals surface area (Å²) in [6, 6.07) is 11.9. The number of rotatable bonds is 6. The highest BCUT2D eigenvalue weighted by Crippen LogP contribution is 2.30. The molecule has 3 nitrogen and oxygen atoms in total. The average Bonchev–Trinajstić information content (AvgIpc) is 3.25. The van der Waals surface area contributed by atoms with Crippen molar-refractivity contribution >= 4 is 5.91 Å². The molecule has 106 valence electrons. The number of hydrogen-bond acceptors (Lipinski definition) is 2. The molecule has 0 bridgehead atoms. The summed E-state index contributed by atoms with van der Waals surface area (Å²) >= 11 is 0. The molecule has 1 fully saturated rings. The molecule has 0 heterocycles. The van der Waals surface area contributed by atoms with Crippen molar-refractivity contribution in [2.24, 2.45) is 5.92 Å². The number of amides is 1. The summed E-state index contributed by atoms with van der Waals surface area (Å²) in [7, 11) is 0. The molecule has 1 aromatic rings. The molecule has 0 N–H and O–H groups in total. The third kappa shape index (κ3) is 3.60. The second-order valence-electron chi connectivity index (χ2n) is 5.92. The van der Waals surface area contributed by atoms with Gasteiger partial charge in [-0.25, -0.2) is 0 Å². The van der Waals surface area contributed by atoms with Gasteiger partial charge in [0.1, 0.15) is 5.92 Å². The number of nitriles is 1. The van der Waals surface area contributed by atoms with E-state index in [1.54, 1.807) is 0 Å². The first kappa shape index (κ1) is 14.6. The Kier molecular flexibility index (Phi) is 4.79. The third-order valence-electron chi connectivity index (χ3n) is 3.73. The van der Waals surface area contributed by atoms with Gasteiger partial charge in [-0.05, 0) is 30.7 Å². The summed E-state index contributed by atoms with van der Waals surface area (Å²) < 4.78 is 0. The van der Waals surface area contributed by atoms with Gasteiger partial charge in [-0.2, -0.15) is 5.26 Å². The largest absolute Gasteiger partial charge is 0.338 e. The molecule has 0 radical (unpaired) electrons. The summed E-state index contributed by atoms with van der Waals surface area (Å²) in [6.07, 6.45) is 3.16. The summed E-state index contributed by atoms with van der Waals surface area (Å²) in [6.45, 7) is 5.09. The standard InChI is InChI=1S/C17H22N2O/c1-13(2)10-11-19(15-8-9-15)17(20)16(12-18)14-6-4-3-5-7-14/h3-7,13,15-16H,8-11H2,1-2H3. The lowest BCUT2D eigenvalue weighted by Crippen LogP contribution is -2.37. The molecule has 1 atom stereocenters. The predicted molar refractivity (Wildman–Crippen MR) is 79.0 cm³/mol. The van der Waals surface area contributed by atoms with Gasteiger partial charge in [-0.3, -0.25) is 4.79 Å². The van der Waals surface area contributed by atoms with E-state index >= 15 is 0 Å². The van der Waals surface area contributed by atoms with E-state index in [9.17, 15) is 10.1 Å². The molecule has 0 spiro atoms. The van der Waals surface area contributed by atoms with Crippen molar-refractivity contribution in [1.29, 1.82) is 5.26 Å². The zero-order chi connectivity index (χ0) is 14.5. The van der Waals surface area contributed by atoms with Crippen LogP contribution < -0.4 is 0 Å². The molecule has 1 unspecified atom stereocenters. The second-order valence-corrected chi connectivity index (χ2v) is 5.92. The maximum absolute atomic E-state index is 12.7. The Morgan fingerprint density at radius 2 is 2.00 bits per heavy atom. The second kappa shape index (κ2) is 6.56. The van der Waals surface area contributed by atoms with Crippen molar-refractivity contribution in [2.75, 3.05) is 6.54 Å². The summed E-state index contributed by atoms with van der Waals surface area (Å²) in [4.78, 5) is 14.6. The first-order valence-electron chi connectivity index (χ1n) is 7.38. The van der Waals surface area contributed by atoms with Gasteiger partial charge in [0.2, 0.25) is 5.91 Å². The van der Waals surface area contributed by atoms with Crippen LogP contribution >= 0.6 is 0 Å². The Hall–Kier alpha value is -1.82. The first-order chi connectivity index (χ1) is 9.63. The monoisotopic (exact) mass is 270 g/mol. The van der Waals surface area contributed by atoms with E-state index in [1.807, 2.05) is 35.2 Å². The fraction of sp³-hybridized carbons (Fsp3) is 0.529. The number of nitrogens with zero attached hydrogens (tertiary/aromatic N) is 2. The van der Waals surface area contributed by atoms with Crippen molar-refractivity contribution in [3.05, 3.63) is 35.9 Å². The Bertz CT molecular complexity index is 485. The number of benzene rings is 1. The zero-order valence-electron chi connectivity index (χ0n) is 12.2. The van der Waals surface area contributed by atoms with Gasteiger partial charge >= 0.3 is 0 Å². The molecule has 20 heavy (non-hydrogen) atoms. The third-order valence-corrected chi connectivity index (χ3v) is 3.73. The molecule has 0 aromatic heterocycles. The van der Waals surface area contributed by atoms with Crippen LogP contribution in [0.3, 0.4) is 0 Å². The maximum atomic E-state index is 12.7. The highest BCUT2D eigenvalue weighted by atomic mass is 16.2. The van der Waals surface area contributed by atoms with Crippen LogP contribution in [-0.2, 0) is 4.79 Å². The first-order valence-corrected chi connectivity index (χ1v) is 7.38. The fourth-order valence-electron chi connectivity index (χ4n) is 2.34. The highest BCUT2D eigenvalue weighted by Gasteiger charge is 2.36. The highest BCUT2D eigenvalue weighted by molar-refractivity contribution is 5.87. The number of carbonyl (C=O) groups is 1. The van der Waals surface area contributed by atoms with E-state index < -0.39 is 5.92 Å². The lowest BCUT2D eigenvalue weighted by Gasteiger charge is -2.25. The summed E-state index contributed by atoms with van der Waals surface area (Å²) in [5.74, 6) is -0.118. The number of carbonyl (C=O) groups excluding carboxylic acids is 1. The normalized spacial score (nSPS) is 15.7. The molecule has 1 saturated carbocycles. The van der Waals surface area contributed by atoms with Gasteiger partial charge in [0, 0.05) is 12.6 Å². The Morgan fingerprint density at radius 3 is 2.50 bits per heavy atom. The van der Waals surface area contributed by atoms with Crippen LogP contribution in [-0.4, -0.2) is 23.4 Å². The van der Waals surface area contributed by atoms with Crippen LogP contribution in [0.15, 0.2) is 30.3 Å². The van der Waals surface area contributed by atoms with Gasteiger partial charge in [-0.1, -0.05) is 44.2 Å². The lowest BCUT2D eigenvalue weighted by atomic mass is 9.98. The zero-order valence-corrected chi connectivity index (χ0v) is 12.2. The van der Waals surface area contributed by atoms with Crippen LogP contribution in [0.2, 0.25) is 0 Å². The van der Waals surface area contributed by atoms with Crippen LogP contribution in [0, 0.1) is 17.2 Å². The maximum Gasteiger partial charge on any atom is 0.244 e. The van der Waals surface area contributed by atoms with Crippen molar-refractivity contribution in [2.45, 2.75) is 45.1 Å². The molecule has 1 aliphatic carbocycles. The molecule has 1 amide bonds. The minimum absolute atomic E-state index is 0.0261. The topological polar surface area (TPSA) is 44.1 Å². The van der Waals surface area contributed by atoms with Gasteiger partial charge in [-0.15, -0.1) is 0 Å². The van der Waals surface area contributed by atoms with Gasteiger partial charge in [0.25, 0.3) is 0 Å². The Morgan fingerprint density at radius 1 is 1.35 bits per heavy atom. The molecule has 0 aliphatic heterocycles. The molecule has 1 aliphatic rings. The number of hydrogen-bond donors (Lipinski definition) is 0. The summed E-state index contributed by atoms with van der Waals surface area (Å²) in [5, 5.41) is 9.38. The van der Waals surface area contributed by atoms with E-state index in [1.165, 1.54) is 0 Å². The lowest BCUT2D eigenvalue weighted by molar-refractivity contribution is -0.132.